The van der Waals surface area contributed by atoms with Gasteiger partial charge in [0, 0.05) is 17.6 Å². The number of ether oxygens (including phenoxy) is 1. The molecule has 8 atom stereocenters. The number of fused-ring (bicyclic) bond motifs is 3. The number of nitrogens with zero attached hydrogens (tertiary/aromatic N) is 1. The number of aliphatic hydroxyl groups is 2. The van der Waals surface area contributed by atoms with Crippen LogP contribution < -0.4 is 5.73 Å². The van der Waals surface area contributed by atoms with Gasteiger partial charge in [-0.2, -0.15) is 0 Å². The summed E-state index contributed by atoms with van der Waals surface area (Å²) in [6.07, 6.45) is 0.527. The van der Waals surface area contributed by atoms with E-state index < -0.39 is 88.1 Å². The highest BCUT2D eigenvalue weighted by atomic mass is 16.5. The molecule has 12 nitrogen and oxygen atoms in total. The fourth-order valence-electron chi connectivity index (χ4n) is 6.37. The quantitative estimate of drug-likeness (QED) is 0.203. The summed E-state index contributed by atoms with van der Waals surface area (Å²) in [4.78, 5) is 78.9. The third-order valence-corrected chi connectivity index (χ3v) is 8.12. The average Bonchev–Trinajstić information content (AvgIpc) is 2.84. The van der Waals surface area contributed by atoms with Gasteiger partial charge in [0.05, 0.1) is 36.7 Å². The summed E-state index contributed by atoms with van der Waals surface area (Å²) in [7, 11) is 4.01. The summed E-state index contributed by atoms with van der Waals surface area (Å²) < 4.78 is 4.52. The van der Waals surface area contributed by atoms with Gasteiger partial charge in [-0.25, -0.2) is 4.79 Å². The van der Waals surface area contributed by atoms with Crippen LogP contribution in [0.2, 0.25) is 0 Å². The molecule has 0 radical (unpaired) electrons. The van der Waals surface area contributed by atoms with Crippen LogP contribution in [0.15, 0.2) is 18.2 Å². The van der Waals surface area contributed by atoms with Crippen molar-refractivity contribution >= 4 is 41.1 Å². The molecule has 38 heavy (non-hydrogen) atoms. The van der Waals surface area contributed by atoms with Gasteiger partial charge in [-0.15, -0.1) is 0 Å². The zero-order valence-electron chi connectivity index (χ0n) is 21.1. The molecule has 0 heterocycles. The number of phenolic OH excluding ortho intramolecular Hbond substituents is 1. The van der Waals surface area contributed by atoms with Crippen LogP contribution in [0.1, 0.15) is 34.3 Å². The number of phenols is 1. The summed E-state index contributed by atoms with van der Waals surface area (Å²) in [6.45, 7) is 1.61. The Hall–Kier alpha value is -3.74. The Bertz CT molecular complexity index is 1320. The van der Waals surface area contributed by atoms with E-state index in [1.54, 1.807) is 6.92 Å². The Kier molecular flexibility index (Phi) is 6.63. The Morgan fingerprint density at radius 2 is 1.76 bits per heavy atom. The van der Waals surface area contributed by atoms with E-state index in [4.69, 9.17) is 5.73 Å². The number of primary amides is 1. The molecule has 0 saturated heterocycles. The first-order valence-corrected chi connectivity index (χ1v) is 11.9. The van der Waals surface area contributed by atoms with Crippen molar-refractivity contribution in [2.24, 2.45) is 29.4 Å². The zero-order chi connectivity index (χ0) is 28.4. The molecule has 12 heteroatoms. The van der Waals surface area contributed by atoms with Crippen LogP contribution in [-0.2, 0) is 28.7 Å². The van der Waals surface area contributed by atoms with E-state index >= 15 is 0 Å². The number of hydrogen-bond donors (Lipinski definition) is 4. The van der Waals surface area contributed by atoms with Gasteiger partial charge in [0.2, 0.25) is 5.91 Å². The molecular weight excluding hydrogens is 500 g/mol. The van der Waals surface area contributed by atoms with Crippen molar-refractivity contribution in [2.45, 2.75) is 30.6 Å². The molecule has 0 aromatic heterocycles. The number of nitrogens with two attached hydrogens (primary N) is 1. The summed E-state index contributed by atoms with van der Waals surface area (Å²) >= 11 is 0. The minimum atomic E-state index is -3.06. The van der Waals surface area contributed by atoms with Crippen molar-refractivity contribution in [3.8, 4) is 5.75 Å². The van der Waals surface area contributed by atoms with Crippen LogP contribution in [-0.4, -0.2) is 94.2 Å². The van der Waals surface area contributed by atoms with Crippen molar-refractivity contribution < 1.29 is 48.8 Å². The maximum Gasteiger partial charge on any atom is 0.330 e. The predicted octanol–water partition coefficient (Wildman–Crippen LogP) is -1.41. The SMILES string of the molecule is COC(=O)C=Cc1ccc2c(c1O)C(=O)C1C(=O)[C@]3(O)C(=O)C(C(N)=O)C(=O)[C@@H](N(C)C)[C@@H]3[C@@H](O)[C@@H]1[C@H]2C. The molecule has 3 aliphatic carbocycles. The van der Waals surface area contributed by atoms with E-state index in [1.165, 1.54) is 37.2 Å². The number of methoxy groups -OCH3 is 1. The molecule has 2 unspecified atom stereocenters. The van der Waals surface area contributed by atoms with Gasteiger partial charge in [-0.05, 0) is 31.7 Å². The van der Waals surface area contributed by atoms with Gasteiger partial charge in [0.25, 0.3) is 0 Å². The predicted molar refractivity (Wildman–Crippen MR) is 129 cm³/mol. The molecule has 4 rings (SSSR count). The molecule has 0 aliphatic heterocycles. The molecule has 5 N–H and O–H groups in total. The summed E-state index contributed by atoms with van der Waals surface area (Å²) in [5.41, 5.74) is 2.33. The van der Waals surface area contributed by atoms with E-state index in [-0.39, 0.29) is 11.1 Å². The Labute approximate surface area is 217 Å². The van der Waals surface area contributed by atoms with Crippen LogP contribution in [0.4, 0.5) is 0 Å². The van der Waals surface area contributed by atoms with E-state index in [1.807, 2.05) is 0 Å². The van der Waals surface area contributed by atoms with Crippen LogP contribution in [0, 0.1) is 23.7 Å². The number of aliphatic hydroxyl groups excluding tert-OH is 1. The van der Waals surface area contributed by atoms with E-state index in [9.17, 15) is 44.1 Å². The lowest BCUT2D eigenvalue weighted by molar-refractivity contribution is -0.196. The van der Waals surface area contributed by atoms with Crippen LogP contribution in [0.5, 0.6) is 5.75 Å². The van der Waals surface area contributed by atoms with Crippen LogP contribution in [0.25, 0.3) is 6.08 Å². The van der Waals surface area contributed by atoms with Crippen molar-refractivity contribution in [1.82, 2.24) is 4.90 Å². The zero-order valence-corrected chi connectivity index (χ0v) is 21.1. The smallest absolute Gasteiger partial charge is 0.330 e. The lowest BCUT2D eigenvalue weighted by Crippen LogP contribution is -2.77. The highest BCUT2D eigenvalue weighted by Gasteiger charge is 2.72. The molecule has 1 aromatic carbocycles. The first-order chi connectivity index (χ1) is 17.7. The number of rotatable bonds is 4. The Morgan fingerprint density at radius 3 is 2.32 bits per heavy atom. The lowest BCUT2D eigenvalue weighted by atomic mass is 9.49. The monoisotopic (exact) mass is 528 g/mol. The topological polar surface area (TPSA) is 202 Å². The molecule has 1 aromatic rings. The van der Waals surface area contributed by atoms with Gasteiger partial charge in [0.15, 0.2) is 34.7 Å². The molecule has 2 saturated carbocycles. The van der Waals surface area contributed by atoms with Gasteiger partial charge in [-0.3, -0.25) is 28.9 Å². The summed E-state index contributed by atoms with van der Waals surface area (Å²) in [6, 6.07) is 1.52. The van der Waals surface area contributed by atoms with E-state index in [2.05, 4.69) is 4.74 Å². The van der Waals surface area contributed by atoms with E-state index in [0.29, 0.717) is 5.56 Å². The number of carbonyl (C=O) groups is 6. The maximum absolute atomic E-state index is 13.9. The van der Waals surface area contributed by atoms with Gasteiger partial charge in [-0.1, -0.05) is 19.1 Å². The van der Waals surface area contributed by atoms with Gasteiger partial charge >= 0.3 is 5.97 Å². The number of likely N-dealkylation sites (N-methyl/N-ethyl adjacent to an activating group) is 1. The summed E-state index contributed by atoms with van der Waals surface area (Å²) in [5.74, 6) is -14.8. The Balaban J connectivity index is 1.91. The molecule has 3 aliphatic rings. The Morgan fingerprint density at radius 1 is 1.13 bits per heavy atom. The number of aromatic hydroxyl groups is 1. The number of ketones is 4. The molecule has 2 fully saturated rings. The van der Waals surface area contributed by atoms with Crippen molar-refractivity contribution in [3.05, 3.63) is 34.9 Å². The second-order valence-electron chi connectivity index (χ2n) is 10.2. The maximum atomic E-state index is 13.9. The van der Waals surface area contributed by atoms with Crippen LogP contribution >= 0.6 is 0 Å². The summed E-state index contributed by atoms with van der Waals surface area (Å²) in [5, 5.41) is 34.1. The minimum absolute atomic E-state index is 0.0642. The first-order valence-electron chi connectivity index (χ1n) is 11.9. The van der Waals surface area contributed by atoms with Gasteiger partial charge in [0.1, 0.15) is 5.75 Å². The van der Waals surface area contributed by atoms with Crippen molar-refractivity contribution in [1.29, 1.82) is 0 Å². The molecule has 0 bridgehead atoms. The molecule has 0 spiro atoms. The van der Waals surface area contributed by atoms with Crippen molar-refractivity contribution in [3.63, 3.8) is 0 Å². The largest absolute Gasteiger partial charge is 0.507 e. The standard InChI is InChI=1S/C26H28N2O10/c1-9-11-7-5-10(6-8-12(29)38-4)19(30)14(11)20(31)15-13(9)21(32)17-18(28(2)3)22(33)16(25(27)36)24(35)26(17,37)23(15)34/h5-9,13,15-18,21,30,32,37H,1-4H3,(H2,27,36)/t9-,13+,15?,16?,17+,18-,21-,26-/m0/s1. The number of Topliss-reactive ketones (excluding diaryl/α,β-unsaturated/α-hetero) is 4. The second-order valence-corrected chi connectivity index (χ2v) is 10.2. The van der Waals surface area contributed by atoms with Crippen molar-refractivity contribution in [2.75, 3.05) is 21.2 Å². The van der Waals surface area contributed by atoms with Crippen LogP contribution in [0.3, 0.4) is 0 Å². The molecular formula is C26H28N2O10. The fraction of sp³-hybridized carbons (Fsp3) is 0.462. The highest BCUT2D eigenvalue weighted by Crippen LogP contribution is 2.54. The number of hydrogen-bond acceptors (Lipinski definition) is 11. The van der Waals surface area contributed by atoms with E-state index in [0.717, 1.165) is 13.2 Å². The normalized spacial score (nSPS) is 34.7. The highest BCUT2D eigenvalue weighted by molar-refractivity contribution is 6.32. The minimum Gasteiger partial charge on any atom is -0.507 e. The number of benzene rings is 1. The molecule has 1 amide bonds. The molecule has 202 valence electrons. The van der Waals surface area contributed by atoms with Gasteiger partial charge < -0.3 is 25.8 Å². The fourth-order valence-corrected chi connectivity index (χ4v) is 6.37. The average molecular weight is 529 g/mol. The second kappa shape index (κ2) is 9.22. The number of amides is 1. The lowest BCUT2D eigenvalue weighted by Gasteiger charge is -2.56. The third-order valence-electron chi connectivity index (χ3n) is 8.12. The first kappa shape index (κ1) is 27.3. The number of carbonyl (C=O) groups excluding carboxylic acids is 6. The number of esters is 1. The third kappa shape index (κ3) is 3.55.